The topological polar surface area (TPSA) is 38.7 Å². The zero-order chi connectivity index (χ0) is 11.8. The molecule has 2 atom stereocenters. The molecule has 1 aliphatic heterocycles. The maximum Gasteiger partial charge on any atom is 0.122 e. The molecule has 1 N–H and O–H groups in total. The van der Waals surface area contributed by atoms with Gasteiger partial charge in [-0.3, -0.25) is 0 Å². The van der Waals surface area contributed by atoms with Gasteiger partial charge in [0.15, 0.2) is 0 Å². The first-order valence-electron chi connectivity index (χ1n) is 5.57. The fourth-order valence-corrected chi connectivity index (χ4v) is 1.97. The van der Waals surface area contributed by atoms with Crippen molar-refractivity contribution in [3.8, 4) is 5.75 Å². The van der Waals surface area contributed by atoms with E-state index in [1.165, 1.54) is 5.56 Å². The summed E-state index contributed by atoms with van der Waals surface area (Å²) < 4.78 is 10.6. The quantitative estimate of drug-likeness (QED) is 0.848. The first-order valence-corrected chi connectivity index (χ1v) is 5.57. The van der Waals surface area contributed by atoms with Gasteiger partial charge < -0.3 is 14.6 Å². The monoisotopic (exact) mass is 222 g/mol. The van der Waals surface area contributed by atoms with Crippen LogP contribution in [0.3, 0.4) is 0 Å². The van der Waals surface area contributed by atoms with Gasteiger partial charge >= 0.3 is 0 Å². The lowest BCUT2D eigenvalue weighted by molar-refractivity contribution is -0.0772. The van der Waals surface area contributed by atoms with Gasteiger partial charge in [-0.05, 0) is 37.1 Å². The average Bonchev–Trinajstić information content (AvgIpc) is 2.74. The average molecular weight is 222 g/mol. The molecule has 0 aliphatic carbocycles. The predicted molar refractivity (Wildman–Crippen MR) is 61.7 cm³/mol. The summed E-state index contributed by atoms with van der Waals surface area (Å²) in [4.78, 5) is 0. The van der Waals surface area contributed by atoms with E-state index in [4.69, 9.17) is 9.47 Å². The Kier molecular flexibility index (Phi) is 2.91. The van der Waals surface area contributed by atoms with Crippen LogP contribution < -0.4 is 4.74 Å². The number of methoxy groups -OCH3 is 1. The Bertz CT molecular complexity index is 385. The van der Waals surface area contributed by atoms with Gasteiger partial charge in [-0.1, -0.05) is 6.07 Å². The molecular formula is C13H18O3. The molecule has 1 heterocycles. The number of rotatable bonds is 3. The van der Waals surface area contributed by atoms with Crippen molar-refractivity contribution < 1.29 is 14.6 Å². The summed E-state index contributed by atoms with van der Waals surface area (Å²) in [5.74, 6) is 0.935. The van der Waals surface area contributed by atoms with Crippen molar-refractivity contribution in [3.63, 3.8) is 0 Å². The van der Waals surface area contributed by atoms with Crippen LogP contribution >= 0.6 is 0 Å². The minimum absolute atomic E-state index is 0.243. The highest BCUT2D eigenvalue weighted by Crippen LogP contribution is 2.32. The van der Waals surface area contributed by atoms with E-state index in [1.807, 2.05) is 25.1 Å². The predicted octanol–water partition coefficient (Wildman–Crippen LogP) is 1.86. The van der Waals surface area contributed by atoms with Crippen LogP contribution in [0.2, 0.25) is 0 Å². The zero-order valence-electron chi connectivity index (χ0n) is 9.99. The Morgan fingerprint density at radius 3 is 2.94 bits per heavy atom. The van der Waals surface area contributed by atoms with Crippen molar-refractivity contribution in [2.24, 2.45) is 0 Å². The SMILES string of the molecule is COC(C)C(C)(O)c1ccc2c(c1)CCO2. The highest BCUT2D eigenvalue weighted by molar-refractivity contribution is 5.41. The van der Waals surface area contributed by atoms with Gasteiger partial charge in [-0.15, -0.1) is 0 Å². The Morgan fingerprint density at radius 2 is 2.25 bits per heavy atom. The molecular weight excluding hydrogens is 204 g/mol. The van der Waals surface area contributed by atoms with E-state index in [9.17, 15) is 5.11 Å². The summed E-state index contributed by atoms with van der Waals surface area (Å²) in [6.07, 6.45) is 0.675. The molecule has 0 aromatic heterocycles. The van der Waals surface area contributed by atoms with E-state index in [2.05, 4.69) is 0 Å². The summed E-state index contributed by atoms with van der Waals surface area (Å²) in [5.41, 5.74) is 1.08. The fourth-order valence-electron chi connectivity index (χ4n) is 1.97. The van der Waals surface area contributed by atoms with Crippen molar-refractivity contribution in [1.82, 2.24) is 0 Å². The molecule has 1 aliphatic rings. The minimum atomic E-state index is -0.966. The van der Waals surface area contributed by atoms with Crippen LogP contribution in [0, 0.1) is 0 Å². The molecule has 88 valence electrons. The standard InChI is InChI=1S/C13H18O3/c1-9(15-3)13(2,14)11-4-5-12-10(8-11)6-7-16-12/h4-5,8-9,14H,6-7H2,1-3H3. The summed E-state index contributed by atoms with van der Waals surface area (Å²) in [6, 6.07) is 5.84. The van der Waals surface area contributed by atoms with Gasteiger partial charge in [0, 0.05) is 13.5 Å². The molecule has 1 aromatic rings. The Hall–Kier alpha value is -1.06. The molecule has 16 heavy (non-hydrogen) atoms. The number of aliphatic hydroxyl groups is 1. The van der Waals surface area contributed by atoms with Crippen LogP contribution in [-0.2, 0) is 16.8 Å². The number of ether oxygens (including phenoxy) is 2. The van der Waals surface area contributed by atoms with E-state index < -0.39 is 5.60 Å². The fraction of sp³-hybridized carbons (Fsp3) is 0.538. The summed E-state index contributed by atoms with van der Waals surface area (Å²) in [7, 11) is 1.61. The Balaban J connectivity index is 2.34. The molecule has 0 bridgehead atoms. The van der Waals surface area contributed by atoms with E-state index in [0.29, 0.717) is 0 Å². The number of fused-ring (bicyclic) bond motifs is 1. The van der Waals surface area contributed by atoms with E-state index in [1.54, 1.807) is 14.0 Å². The summed E-state index contributed by atoms with van der Waals surface area (Å²) in [6.45, 7) is 4.38. The molecule has 0 radical (unpaired) electrons. The highest BCUT2D eigenvalue weighted by Gasteiger charge is 2.31. The third-order valence-corrected chi connectivity index (χ3v) is 3.42. The maximum absolute atomic E-state index is 10.4. The summed E-state index contributed by atoms with van der Waals surface area (Å²) >= 11 is 0. The van der Waals surface area contributed by atoms with Crippen molar-refractivity contribution in [3.05, 3.63) is 29.3 Å². The van der Waals surface area contributed by atoms with Gasteiger partial charge in [-0.25, -0.2) is 0 Å². The van der Waals surface area contributed by atoms with E-state index in [0.717, 1.165) is 24.3 Å². The largest absolute Gasteiger partial charge is 0.493 e. The zero-order valence-corrected chi connectivity index (χ0v) is 9.99. The lowest BCUT2D eigenvalue weighted by Crippen LogP contribution is -2.35. The maximum atomic E-state index is 10.4. The smallest absolute Gasteiger partial charge is 0.122 e. The van der Waals surface area contributed by atoms with Gasteiger partial charge in [0.25, 0.3) is 0 Å². The molecule has 3 heteroatoms. The third kappa shape index (κ3) is 1.81. The van der Waals surface area contributed by atoms with Crippen LogP contribution in [0.5, 0.6) is 5.75 Å². The Morgan fingerprint density at radius 1 is 1.50 bits per heavy atom. The Labute approximate surface area is 96.0 Å². The van der Waals surface area contributed by atoms with Crippen LogP contribution in [-0.4, -0.2) is 24.9 Å². The first-order chi connectivity index (χ1) is 7.55. The molecule has 2 rings (SSSR count). The molecule has 0 saturated carbocycles. The van der Waals surface area contributed by atoms with E-state index >= 15 is 0 Å². The van der Waals surface area contributed by atoms with Crippen LogP contribution in [0.25, 0.3) is 0 Å². The van der Waals surface area contributed by atoms with Crippen LogP contribution in [0.4, 0.5) is 0 Å². The van der Waals surface area contributed by atoms with Gasteiger partial charge in [0.1, 0.15) is 11.4 Å². The molecule has 0 fully saturated rings. The van der Waals surface area contributed by atoms with Crippen LogP contribution in [0.1, 0.15) is 25.0 Å². The molecule has 0 amide bonds. The lowest BCUT2D eigenvalue weighted by Gasteiger charge is -2.30. The second-order valence-electron chi connectivity index (χ2n) is 4.45. The highest BCUT2D eigenvalue weighted by atomic mass is 16.5. The lowest BCUT2D eigenvalue weighted by atomic mass is 9.89. The van der Waals surface area contributed by atoms with Crippen molar-refractivity contribution in [2.75, 3.05) is 13.7 Å². The second-order valence-corrected chi connectivity index (χ2v) is 4.45. The molecule has 2 unspecified atom stereocenters. The van der Waals surface area contributed by atoms with Gasteiger partial charge in [0.2, 0.25) is 0 Å². The van der Waals surface area contributed by atoms with Crippen LogP contribution in [0.15, 0.2) is 18.2 Å². The number of hydrogen-bond acceptors (Lipinski definition) is 3. The third-order valence-electron chi connectivity index (χ3n) is 3.42. The number of hydrogen-bond donors (Lipinski definition) is 1. The van der Waals surface area contributed by atoms with Crippen molar-refractivity contribution >= 4 is 0 Å². The van der Waals surface area contributed by atoms with E-state index in [-0.39, 0.29) is 6.10 Å². The van der Waals surface area contributed by atoms with Crippen molar-refractivity contribution in [1.29, 1.82) is 0 Å². The first kappa shape index (κ1) is 11.4. The van der Waals surface area contributed by atoms with Gasteiger partial charge in [-0.2, -0.15) is 0 Å². The molecule has 3 nitrogen and oxygen atoms in total. The normalized spacial score (nSPS) is 19.8. The molecule has 1 aromatic carbocycles. The summed E-state index contributed by atoms with van der Waals surface area (Å²) in [5, 5.41) is 10.4. The van der Waals surface area contributed by atoms with Gasteiger partial charge in [0.05, 0.1) is 12.7 Å². The van der Waals surface area contributed by atoms with Crippen molar-refractivity contribution in [2.45, 2.75) is 32.0 Å². The second kappa shape index (κ2) is 4.07. The minimum Gasteiger partial charge on any atom is -0.493 e. The molecule has 0 saturated heterocycles. The number of benzene rings is 1. The molecule has 0 spiro atoms.